The molecule has 0 radical (unpaired) electrons. The lowest BCUT2D eigenvalue weighted by Crippen LogP contribution is -2.35. The molecular formula is C27H40N4O3. The van der Waals surface area contributed by atoms with Crippen LogP contribution in [-0.2, 0) is 15.9 Å². The molecule has 0 saturated carbocycles. The first kappa shape index (κ1) is 25.7. The van der Waals surface area contributed by atoms with E-state index in [1.165, 1.54) is 5.69 Å². The van der Waals surface area contributed by atoms with E-state index in [0.29, 0.717) is 23.8 Å². The molecule has 5 N–H and O–H groups in total. The highest BCUT2D eigenvalue weighted by atomic mass is 16.6. The molecule has 1 aliphatic rings. The highest BCUT2D eigenvalue weighted by Crippen LogP contribution is 2.29. The zero-order valence-electron chi connectivity index (χ0n) is 21.2. The molecule has 0 aliphatic carbocycles. The Bertz CT molecular complexity index is 992. The lowest BCUT2D eigenvalue weighted by Gasteiger charge is -2.34. The fourth-order valence-electron chi connectivity index (χ4n) is 4.30. The van der Waals surface area contributed by atoms with Gasteiger partial charge in [-0.1, -0.05) is 6.07 Å². The predicted octanol–water partition coefficient (Wildman–Crippen LogP) is 4.63. The summed E-state index contributed by atoms with van der Waals surface area (Å²) in [6.07, 6.45) is 2.98. The Morgan fingerprint density at radius 2 is 1.85 bits per heavy atom. The Balaban J connectivity index is 1.45. The van der Waals surface area contributed by atoms with Crippen LogP contribution in [0.2, 0.25) is 0 Å². The Morgan fingerprint density at radius 3 is 2.50 bits per heavy atom. The van der Waals surface area contributed by atoms with Gasteiger partial charge in [-0.25, -0.2) is 4.79 Å². The number of carbonyl (C=O) groups excluding carboxylic acids is 1. The molecule has 1 saturated heterocycles. The third kappa shape index (κ3) is 6.56. The highest BCUT2D eigenvalue weighted by molar-refractivity contribution is 5.96. The van der Waals surface area contributed by atoms with Crippen molar-refractivity contribution < 1.29 is 14.3 Å². The number of hydrogen-bond donors (Lipinski definition) is 3. The summed E-state index contributed by atoms with van der Waals surface area (Å²) in [4.78, 5) is 14.8. The molecule has 0 bridgehead atoms. The van der Waals surface area contributed by atoms with Crippen molar-refractivity contribution in [2.45, 2.75) is 52.6 Å². The average Bonchev–Trinajstić information content (AvgIpc) is 2.79. The van der Waals surface area contributed by atoms with Gasteiger partial charge in [-0.05, 0) is 88.3 Å². The molecule has 0 amide bonds. The van der Waals surface area contributed by atoms with Gasteiger partial charge in [-0.3, -0.25) is 0 Å². The lowest BCUT2D eigenvalue weighted by molar-refractivity contribution is 0.00707. The number of esters is 1. The first-order chi connectivity index (χ1) is 16.1. The number of hydrogen-bond acceptors (Lipinski definition) is 7. The normalized spacial score (nSPS) is 14.8. The monoisotopic (exact) mass is 468 g/mol. The summed E-state index contributed by atoms with van der Waals surface area (Å²) in [5.74, 6) is 0.179. The van der Waals surface area contributed by atoms with E-state index in [4.69, 9.17) is 20.9 Å². The Kier molecular flexibility index (Phi) is 8.31. The zero-order chi connectivity index (χ0) is 24.9. The number of ether oxygens (including phenoxy) is 2. The number of nitrogens with two attached hydrogens (primary N) is 2. The van der Waals surface area contributed by atoms with Crippen molar-refractivity contribution in [1.29, 1.82) is 0 Å². The van der Waals surface area contributed by atoms with Crippen LogP contribution in [0.4, 0.5) is 22.7 Å². The predicted molar refractivity (Wildman–Crippen MR) is 141 cm³/mol. The topological polar surface area (TPSA) is 103 Å². The molecule has 0 atom stereocenters. The van der Waals surface area contributed by atoms with Gasteiger partial charge < -0.3 is 31.2 Å². The van der Waals surface area contributed by atoms with Crippen molar-refractivity contribution in [2.24, 2.45) is 5.92 Å². The molecule has 7 heteroatoms. The standard InChI is InChI=1S/C27H40N4O3/c1-18-20(6-8-22(25(18)29)26(32)34-27(2,3)4)12-15-33-17-19-10-13-31(14-11-19)21-7-9-23(28)24(16-21)30-5/h6-9,16,19,30H,10-15,17,28-29H2,1-5H3. The number of piperidine rings is 1. The smallest absolute Gasteiger partial charge is 0.340 e. The summed E-state index contributed by atoms with van der Waals surface area (Å²) in [7, 11) is 1.89. The molecule has 2 aromatic rings. The molecule has 34 heavy (non-hydrogen) atoms. The second kappa shape index (κ2) is 11.0. The molecule has 1 aliphatic heterocycles. The number of nitrogens with one attached hydrogen (secondary N) is 1. The van der Waals surface area contributed by atoms with Gasteiger partial charge in [-0.15, -0.1) is 0 Å². The summed E-state index contributed by atoms with van der Waals surface area (Å²) in [5.41, 5.74) is 17.6. The van der Waals surface area contributed by atoms with Crippen LogP contribution in [0, 0.1) is 12.8 Å². The number of nitrogen functional groups attached to an aromatic ring is 2. The second-order valence-corrected chi connectivity index (χ2v) is 10.1. The molecule has 0 unspecified atom stereocenters. The maximum Gasteiger partial charge on any atom is 0.340 e. The third-order valence-electron chi connectivity index (χ3n) is 6.40. The van der Waals surface area contributed by atoms with Gasteiger partial charge >= 0.3 is 5.97 Å². The van der Waals surface area contributed by atoms with E-state index in [0.717, 1.165) is 61.5 Å². The van der Waals surface area contributed by atoms with Crippen LogP contribution in [0.1, 0.15) is 55.1 Å². The van der Waals surface area contributed by atoms with Gasteiger partial charge in [0.15, 0.2) is 0 Å². The third-order valence-corrected chi connectivity index (χ3v) is 6.40. The van der Waals surface area contributed by atoms with E-state index in [-0.39, 0.29) is 5.97 Å². The van der Waals surface area contributed by atoms with Gasteiger partial charge in [0.1, 0.15) is 5.60 Å². The Labute approximate surface area is 203 Å². The molecule has 3 rings (SSSR count). The van der Waals surface area contributed by atoms with Gasteiger partial charge in [-0.2, -0.15) is 0 Å². The zero-order valence-corrected chi connectivity index (χ0v) is 21.2. The van der Waals surface area contributed by atoms with Crippen LogP contribution in [0.3, 0.4) is 0 Å². The minimum Gasteiger partial charge on any atom is -0.456 e. The van der Waals surface area contributed by atoms with Gasteiger partial charge in [0, 0.05) is 38.1 Å². The van der Waals surface area contributed by atoms with E-state index >= 15 is 0 Å². The van der Waals surface area contributed by atoms with E-state index < -0.39 is 5.60 Å². The van der Waals surface area contributed by atoms with Gasteiger partial charge in [0.2, 0.25) is 0 Å². The van der Waals surface area contributed by atoms with Crippen molar-refractivity contribution in [3.63, 3.8) is 0 Å². The molecule has 7 nitrogen and oxygen atoms in total. The summed E-state index contributed by atoms with van der Waals surface area (Å²) < 4.78 is 11.5. The number of rotatable bonds is 8. The Hall–Kier alpha value is -2.93. The fourth-order valence-corrected chi connectivity index (χ4v) is 4.30. The molecular weight excluding hydrogens is 428 g/mol. The maximum absolute atomic E-state index is 12.4. The molecule has 2 aromatic carbocycles. The van der Waals surface area contributed by atoms with Gasteiger partial charge in [0.25, 0.3) is 0 Å². The molecule has 186 valence electrons. The van der Waals surface area contributed by atoms with E-state index in [1.54, 1.807) is 6.07 Å². The number of carbonyl (C=O) groups is 1. The summed E-state index contributed by atoms with van der Waals surface area (Å²) in [6, 6.07) is 9.89. The minimum atomic E-state index is -0.551. The molecule has 0 aromatic heterocycles. The quantitative estimate of drug-likeness (QED) is 0.295. The van der Waals surface area contributed by atoms with Crippen molar-refractivity contribution in [3.8, 4) is 0 Å². The first-order valence-corrected chi connectivity index (χ1v) is 12.1. The van der Waals surface area contributed by atoms with Crippen LogP contribution in [0.25, 0.3) is 0 Å². The molecule has 0 spiro atoms. The molecule has 1 fully saturated rings. The van der Waals surface area contributed by atoms with E-state index in [9.17, 15) is 4.79 Å². The van der Waals surface area contributed by atoms with Gasteiger partial charge in [0.05, 0.1) is 23.5 Å². The van der Waals surface area contributed by atoms with Crippen LogP contribution in [-0.4, -0.2) is 44.9 Å². The van der Waals surface area contributed by atoms with Crippen LogP contribution < -0.4 is 21.7 Å². The number of nitrogens with zero attached hydrogens (tertiary/aromatic N) is 1. The first-order valence-electron chi connectivity index (χ1n) is 12.1. The van der Waals surface area contributed by atoms with E-state index in [2.05, 4.69) is 22.3 Å². The molecule has 1 heterocycles. The fraction of sp³-hybridized carbons (Fsp3) is 0.519. The SMILES string of the molecule is CNc1cc(N2CCC(COCCc3ccc(C(=O)OC(C)(C)C)c(N)c3C)CC2)ccc1N. The Morgan fingerprint density at radius 1 is 1.15 bits per heavy atom. The van der Waals surface area contributed by atoms with Crippen molar-refractivity contribution in [1.82, 2.24) is 0 Å². The van der Waals surface area contributed by atoms with Crippen LogP contribution >= 0.6 is 0 Å². The summed E-state index contributed by atoms with van der Waals surface area (Å²) in [5, 5.41) is 3.15. The van der Waals surface area contributed by atoms with Crippen molar-refractivity contribution in [3.05, 3.63) is 47.0 Å². The lowest BCUT2D eigenvalue weighted by atomic mass is 9.97. The maximum atomic E-state index is 12.4. The number of anilines is 4. The van der Waals surface area contributed by atoms with Crippen LogP contribution in [0.15, 0.2) is 30.3 Å². The van der Waals surface area contributed by atoms with Crippen LogP contribution in [0.5, 0.6) is 0 Å². The van der Waals surface area contributed by atoms with E-state index in [1.807, 2.05) is 46.9 Å². The largest absolute Gasteiger partial charge is 0.456 e. The van der Waals surface area contributed by atoms with Crippen molar-refractivity contribution >= 4 is 28.7 Å². The summed E-state index contributed by atoms with van der Waals surface area (Å²) in [6.45, 7) is 10.9. The second-order valence-electron chi connectivity index (χ2n) is 10.1. The minimum absolute atomic E-state index is 0.386. The summed E-state index contributed by atoms with van der Waals surface area (Å²) >= 11 is 0. The average molecular weight is 469 g/mol. The highest BCUT2D eigenvalue weighted by Gasteiger charge is 2.22. The number of benzene rings is 2. The van der Waals surface area contributed by atoms with Crippen molar-refractivity contribution in [2.75, 3.05) is 55.0 Å².